The molecule has 120 valence electrons. The van der Waals surface area contributed by atoms with Crippen molar-refractivity contribution in [3.63, 3.8) is 0 Å². The van der Waals surface area contributed by atoms with Crippen LogP contribution in [-0.2, 0) is 4.79 Å². The van der Waals surface area contributed by atoms with E-state index in [2.05, 4.69) is 10.4 Å². The fraction of sp³-hybridized carbons (Fsp3) is 0.412. The van der Waals surface area contributed by atoms with Gasteiger partial charge in [0.2, 0.25) is 0 Å². The van der Waals surface area contributed by atoms with Gasteiger partial charge in [0.15, 0.2) is 0 Å². The zero-order valence-corrected chi connectivity index (χ0v) is 12.6. The molecule has 1 saturated heterocycles. The van der Waals surface area contributed by atoms with Crippen LogP contribution in [0.1, 0.15) is 30.9 Å². The molecule has 1 fully saturated rings. The van der Waals surface area contributed by atoms with E-state index in [9.17, 15) is 13.6 Å². The Morgan fingerprint density at radius 1 is 1.35 bits per heavy atom. The van der Waals surface area contributed by atoms with Crippen molar-refractivity contribution < 1.29 is 13.6 Å². The maximum absolute atomic E-state index is 14.1. The average Bonchev–Trinajstić information content (AvgIpc) is 3.24. The highest BCUT2D eigenvalue weighted by Crippen LogP contribution is 2.38. The van der Waals surface area contributed by atoms with Gasteiger partial charge in [-0.05, 0) is 42.5 Å². The molecular formula is C17H17F2N3O. The number of halogens is 2. The lowest BCUT2D eigenvalue weighted by Crippen LogP contribution is -2.29. The Bertz CT molecular complexity index is 729. The van der Waals surface area contributed by atoms with Gasteiger partial charge in [-0.2, -0.15) is 5.10 Å². The first-order valence-corrected chi connectivity index (χ1v) is 7.88. The minimum absolute atomic E-state index is 0.173. The first-order valence-electron chi connectivity index (χ1n) is 7.88. The van der Waals surface area contributed by atoms with E-state index in [1.54, 1.807) is 6.21 Å². The van der Waals surface area contributed by atoms with Crippen molar-refractivity contribution in [3.05, 3.63) is 46.5 Å². The molecule has 0 aromatic heterocycles. The van der Waals surface area contributed by atoms with E-state index in [0.29, 0.717) is 12.3 Å². The number of carbonyl (C=O) groups excluding carboxylic acids is 1. The lowest BCUT2D eigenvalue weighted by atomic mass is 10.0. The van der Waals surface area contributed by atoms with Crippen molar-refractivity contribution >= 4 is 12.1 Å². The number of rotatable bonds is 2. The van der Waals surface area contributed by atoms with Crippen LogP contribution in [0.5, 0.6) is 0 Å². The molecule has 1 N–H and O–H groups in total. The van der Waals surface area contributed by atoms with Crippen LogP contribution in [-0.4, -0.2) is 30.2 Å². The second-order valence-corrected chi connectivity index (χ2v) is 6.24. The van der Waals surface area contributed by atoms with Gasteiger partial charge in [-0.1, -0.05) is 0 Å². The summed E-state index contributed by atoms with van der Waals surface area (Å²) in [5.41, 5.74) is 2.14. The molecule has 0 bridgehead atoms. The summed E-state index contributed by atoms with van der Waals surface area (Å²) in [6.45, 7) is 1.65. The van der Waals surface area contributed by atoms with Gasteiger partial charge in [0.05, 0.1) is 6.04 Å². The standard InChI is InChI=1S/C17H17F2N3O/c18-11-2-4-15(19)13(7-11)16-5-6-21-22(16)17(23)12-3-1-10-8-20-9-14(10)12/h2,4,6-7,10,16,20H,1,3,5,8-9H2. The molecule has 2 aliphatic heterocycles. The maximum atomic E-state index is 14.1. The van der Waals surface area contributed by atoms with Crippen LogP contribution in [0.3, 0.4) is 0 Å². The van der Waals surface area contributed by atoms with Gasteiger partial charge in [0.25, 0.3) is 5.91 Å². The first kappa shape index (κ1) is 14.5. The lowest BCUT2D eigenvalue weighted by Gasteiger charge is -2.23. The Labute approximate surface area is 132 Å². The molecule has 4 rings (SSSR count). The summed E-state index contributed by atoms with van der Waals surface area (Å²) < 4.78 is 27.5. The van der Waals surface area contributed by atoms with Crippen LogP contribution in [0.4, 0.5) is 8.78 Å². The van der Waals surface area contributed by atoms with E-state index < -0.39 is 17.7 Å². The molecule has 0 spiro atoms. The van der Waals surface area contributed by atoms with Crippen LogP contribution < -0.4 is 5.32 Å². The van der Waals surface area contributed by atoms with Gasteiger partial charge in [-0.15, -0.1) is 0 Å². The van der Waals surface area contributed by atoms with Crippen molar-refractivity contribution in [1.29, 1.82) is 0 Å². The highest BCUT2D eigenvalue weighted by Gasteiger charge is 2.38. The fourth-order valence-corrected chi connectivity index (χ4v) is 3.78. The van der Waals surface area contributed by atoms with E-state index >= 15 is 0 Å². The molecule has 23 heavy (non-hydrogen) atoms. The summed E-state index contributed by atoms with van der Waals surface area (Å²) in [4.78, 5) is 12.9. The zero-order valence-electron chi connectivity index (χ0n) is 12.6. The number of nitrogens with one attached hydrogen (secondary N) is 1. The molecule has 1 amide bonds. The van der Waals surface area contributed by atoms with E-state index in [1.165, 1.54) is 5.01 Å². The Balaban J connectivity index is 1.65. The lowest BCUT2D eigenvalue weighted by molar-refractivity contribution is -0.129. The number of hydrogen-bond acceptors (Lipinski definition) is 3. The molecular weight excluding hydrogens is 300 g/mol. The van der Waals surface area contributed by atoms with Crippen molar-refractivity contribution in [2.45, 2.75) is 25.3 Å². The Morgan fingerprint density at radius 2 is 2.22 bits per heavy atom. The average molecular weight is 317 g/mol. The predicted octanol–water partition coefficient (Wildman–Crippen LogP) is 2.53. The minimum atomic E-state index is -0.570. The summed E-state index contributed by atoms with van der Waals surface area (Å²) in [6.07, 6.45) is 3.71. The summed E-state index contributed by atoms with van der Waals surface area (Å²) in [5, 5.41) is 8.74. The van der Waals surface area contributed by atoms with Gasteiger partial charge >= 0.3 is 0 Å². The number of benzene rings is 1. The summed E-state index contributed by atoms with van der Waals surface area (Å²) in [6, 6.07) is 2.76. The topological polar surface area (TPSA) is 44.7 Å². The summed E-state index contributed by atoms with van der Waals surface area (Å²) in [5.74, 6) is -0.758. The van der Waals surface area contributed by atoms with Crippen LogP contribution in [0.25, 0.3) is 0 Å². The van der Waals surface area contributed by atoms with Crippen LogP contribution in [0.2, 0.25) is 0 Å². The van der Waals surface area contributed by atoms with Crippen molar-refractivity contribution in [1.82, 2.24) is 10.3 Å². The summed E-state index contributed by atoms with van der Waals surface area (Å²) in [7, 11) is 0. The third-order valence-corrected chi connectivity index (χ3v) is 4.94. The van der Waals surface area contributed by atoms with Crippen molar-refractivity contribution in [3.8, 4) is 0 Å². The van der Waals surface area contributed by atoms with Crippen LogP contribution in [0, 0.1) is 17.6 Å². The monoisotopic (exact) mass is 317 g/mol. The molecule has 1 aromatic carbocycles. The molecule has 2 unspecified atom stereocenters. The van der Waals surface area contributed by atoms with Crippen LogP contribution >= 0.6 is 0 Å². The SMILES string of the molecule is O=C(C1=C2CNCC2CC1)N1N=CCC1c1cc(F)ccc1F. The van der Waals surface area contributed by atoms with Gasteiger partial charge in [0.1, 0.15) is 11.6 Å². The quantitative estimate of drug-likeness (QED) is 0.911. The second kappa shape index (κ2) is 5.53. The van der Waals surface area contributed by atoms with Gasteiger partial charge in [-0.25, -0.2) is 13.8 Å². The van der Waals surface area contributed by atoms with Crippen molar-refractivity contribution in [2.75, 3.05) is 13.1 Å². The number of hydrogen-bond donors (Lipinski definition) is 1. The predicted molar refractivity (Wildman–Crippen MR) is 81.7 cm³/mol. The van der Waals surface area contributed by atoms with E-state index in [-0.39, 0.29) is 11.5 Å². The molecule has 2 heterocycles. The van der Waals surface area contributed by atoms with Gasteiger partial charge in [-0.3, -0.25) is 4.79 Å². The normalized spacial score (nSPS) is 26.3. The number of nitrogens with zero attached hydrogens (tertiary/aromatic N) is 2. The zero-order chi connectivity index (χ0) is 16.0. The maximum Gasteiger partial charge on any atom is 0.270 e. The Kier molecular flexibility index (Phi) is 3.49. The molecule has 0 radical (unpaired) electrons. The Morgan fingerprint density at radius 3 is 3.09 bits per heavy atom. The second-order valence-electron chi connectivity index (χ2n) is 6.24. The first-order chi connectivity index (χ1) is 11.1. The van der Waals surface area contributed by atoms with Gasteiger partial charge in [0, 0.05) is 36.9 Å². The molecule has 4 nitrogen and oxygen atoms in total. The Hall–Kier alpha value is -2.08. The number of amides is 1. The third-order valence-electron chi connectivity index (χ3n) is 4.94. The largest absolute Gasteiger partial charge is 0.312 e. The third kappa shape index (κ3) is 2.37. The molecule has 2 atom stereocenters. The summed E-state index contributed by atoms with van der Waals surface area (Å²) >= 11 is 0. The number of hydrazone groups is 1. The highest BCUT2D eigenvalue weighted by atomic mass is 19.1. The van der Waals surface area contributed by atoms with E-state index in [0.717, 1.165) is 55.3 Å². The number of fused-ring (bicyclic) bond motifs is 1. The minimum Gasteiger partial charge on any atom is -0.312 e. The molecule has 1 aliphatic carbocycles. The fourth-order valence-electron chi connectivity index (χ4n) is 3.78. The molecule has 6 heteroatoms. The van der Waals surface area contributed by atoms with E-state index in [4.69, 9.17) is 0 Å². The smallest absolute Gasteiger partial charge is 0.270 e. The highest BCUT2D eigenvalue weighted by molar-refractivity contribution is 5.96. The van der Waals surface area contributed by atoms with Crippen molar-refractivity contribution in [2.24, 2.45) is 11.0 Å². The number of carbonyl (C=O) groups is 1. The molecule has 0 saturated carbocycles. The van der Waals surface area contributed by atoms with Crippen LogP contribution in [0.15, 0.2) is 34.4 Å². The molecule has 1 aromatic rings. The van der Waals surface area contributed by atoms with Gasteiger partial charge < -0.3 is 5.32 Å². The molecule has 3 aliphatic rings. The van der Waals surface area contributed by atoms with E-state index in [1.807, 2.05) is 0 Å².